The molecule has 1 aromatic carbocycles. The first-order valence-corrected chi connectivity index (χ1v) is 4.63. The van der Waals surface area contributed by atoms with Crippen molar-refractivity contribution in [2.24, 2.45) is 5.73 Å². The van der Waals surface area contributed by atoms with Crippen molar-refractivity contribution in [2.45, 2.75) is 12.5 Å². The van der Waals surface area contributed by atoms with Gasteiger partial charge in [-0.1, -0.05) is 11.6 Å². The standard InChI is InChI=1S/C10H11ClN2O/c11-8-2-1-7(6-12)9(5-8)10(13)3-4-14/h1-2,5,10,14H,3-4,13H2/t10-/m1/s1. The van der Waals surface area contributed by atoms with E-state index in [0.29, 0.717) is 22.6 Å². The summed E-state index contributed by atoms with van der Waals surface area (Å²) in [6.45, 7) is -0.00144. The maximum Gasteiger partial charge on any atom is 0.0995 e. The van der Waals surface area contributed by atoms with Gasteiger partial charge in [-0.25, -0.2) is 0 Å². The molecule has 0 aromatic heterocycles. The largest absolute Gasteiger partial charge is 0.396 e. The van der Waals surface area contributed by atoms with Crippen molar-refractivity contribution in [3.05, 3.63) is 34.3 Å². The van der Waals surface area contributed by atoms with E-state index >= 15 is 0 Å². The molecule has 0 unspecified atom stereocenters. The Bertz CT molecular complexity index is 360. The Morgan fingerprint density at radius 2 is 2.29 bits per heavy atom. The molecule has 0 bridgehead atoms. The topological polar surface area (TPSA) is 70.0 Å². The summed E-state index contributed by atoms with van der Waals surface area (Å²) in [5.41, 5.74) is 6.98. The number of hydrogen-bond acceptors (Lipinski definition) is 3. The van der Waals surface area contributed by atoms with E-state index in [-0.39, 0.29) is 12.6 Å². The minimum atomic E-state index is -0.339. The molecule has 0 radical (unpaired) electrons. The smallest absolute Gasteiger partial charge is 0.0995 e. The van der Waals surface area contributed by atoms with Crippen molar-refractivity contribution in [2.75, 3.05) is 6.61 Å². The van der Waals surface area contributed by atoms with Gasteiger partial charge in [0, 0.05) is 17.7 Å². The molecule has 0 saturated carbocycles. The SMILES string of the molecule is N#Cc1ccc(Cl)cc1[C@H](N)CCO. The number of aliphatic hydroxyl groups excluding tert-OH is 1. The lowest BCUT2D eigenvalue weighted by atomic mass is 10.00. The zero-order chi connectivity index (χ0) is 10.6. The maximum atomic E-state index is 8.82. The summed E-state index contributed by atoms with van der Waals surface area (Å²) in [4.78, 5) is 0. The lowest BCUT2D eigenvalue weighted by Crippen LogP contribution is -2.13. The molecule has 1 aromatic rings. The van der Waals surface area contributed by atoms with Gasteiger partial charge >= 0.3 is 0 Å². The second-order valence-corrected chi connectivity index (χ2v) is 3.40. The fourth-order valence-corrected chi connectivity index (χ4v) is 1.42. The molecule has 0 aliphatic heterocycles. The highest BCUT2D eigenvalue weighted by atomic mass is 35.5. The summed E-state index contributed by atoms with van der Waals surface area (Å²) >= 11 is 5.79. The van der Waals surface area contributed by atoms with Gasteiger partial charge in [-0.05, 0) is 30.2 Å². The minimum Gasteiger partial charge on any atom is -0.396 e. The lowest BCUT2D eigenvalue weighted by Gasteiger charge is -2.12. The summed E-state index contributed by atoms with van der Waals surface area (Å²) in [5.74, 6) is 0. The van der Waals surface area contributed by atoms with Gasteiger partial charge in [0.25, 0.3) is 0 Å². The van der Waals surface area contributed by atoms with Crippen molar-refractivity contribution < 1.29 is 5.11 Å². The second-order valence-electron chi connectivity index (χ2n) is 2.96. The van der Waals surface area contributed by atoms with Crippen LogP contribution in [0.5, 0.6) is 0 Å². The molecule has 0 heterocycles. The molecule has 3 nitrogen and oxygen atoms in total. The first-order chi connectivity index (χ1) is 6.69. The fraction of sp³-hybridized carbons (Fsp3) is 0.300. The van der Waals surface area contributed by atoms with Crippen LogP contribution in [0.15, 0.2) is 18.2 Å². The molecule has 1 rings (SSSR count). The highest BCUT2D eigenvalue weighted by Gasteiger charge is 2.10. The number of nitrogens with zero attached hydrogens (tertiary/aromatic N) is 1. The number of rotatable bonds is 3. The lowest BCUT2D eigenvalue weighted by molar-refractivity contribution is 0.276. The van der Waals surface area contributed by atoms with Crippen LogP contribution in [0.4, 0.5) is 0 Å². The van der Waals surface area contributed by atoms with E-state index in [9.17, 15) is 0 Å². The molecule has 0 fully saturated rings. The van der Waals surface area contributed by atoms with E-state index in [1.54, 1.807) is 18.2 Å². The first-order valence-electron chi connectivity index (χ1n) is 4.25. The molecule has 14 heavy (non-hydrogen) atoms. The van der Waals surface area contributed by atoms with E-state index < -0.39 is 0 Å². The summed E-state index contributed by atoms with van der Waals surface area (Å²) in [6.07, 6.45) is 0.426. The Hall–Kier alpha value is -1.08. The molecule has 3 N–H and O–H groups in total. The van der Waals surface area contributed by atoms with Crippen molar-refractivity contribution in [3.8, 4) is 6.07 Å². The van der Waals surface area contributed by atoms with Gasteiger partial charge in [-0.3, -0.25) is 0 Å². The molecular formula is C10H11ClN2O. The molecule has 0 aliphatic carbocycles. The second kappa shape index (κ2) is 4.97. The van der Waals surface area contributed by atoms with Crippen LogP contribution < -0.4 is 5.73 Å². The van der Waals surface area contributed by atoms with E-state index in [4.69, 9.17) is 27.7 Å². The van der Waals surface area contributed by atoms with Gasteiger partial charge in [-0.15, -0.1) is 0 Å². The van der Waals surface area contributed by atoms with Crippen molar-refractivity contribution in [3.63, 3.8) is 0 Å². The maximum absolute atomic E-state index is 8.82. The summed E-state index contributed by atoms with van der Waals surface area (Å²) in [7, 11) is 0. The van der Waals surface area contributed by atoms with Gasteiger partial charge in [0.1, 0.15) is 0 Å². The van der Waals surface area contributed by atoms with E-state index in [1.807, 2.05) is 6.07 Å². The monoisotopic (exact) mass is 210 g/mol. The third-order valence-corrected chi connectivity index (χ3v) is 2.21. The quantitative estimate of drug-likeness (QED) is 0.796. The molecule has 0 saturated heterocycles. The van der Waals surface area contributed by atoms with Gasteiger partial charge in [0.2, 0.25) is 0 Å². The van der Waals surface area contributed by atoms with E-state index in [1.165, 1.54) is 0 Å². The normalized spacial score (nSPS) is 12.1. The average Bonchev–Trinajstić information content (AvgIpc) is 2.18. The van der Waals surface area contributed by atoms with E-state index in [0.717, 1.165) is 0 Å². The summed E-state index contributed by atoms with van der Waals surface area (Å²) in [6, 6.07) is 6.65. The summed E-state index contributed by atoms with van der Waals surface area (Å²) < 4.78 is 0. The van der Waals surface area contributed by atoms with Crippen molar-refractivity contribution in [1.29, 1.82) is 5.26 Å². The van der Waals surface area contributed by atoms with Crippen LogP contribution in [0.2, 0.25) is 5.02 Å². The fourth-order valence-electron chi connectivity index (χ4n) is 1.24. The first kappa shape index (κ1) is 11.0. The number of halogens is 1. The van der Waals surface area contributed by atoms with Gasteiger partial charge in [-0.2, -0.15) is 5.26 Å². The Labute approximate surface area is 87.7 Å². The Morgan fingerprint density at radius 3 is 2.86 bits per heavy atom. The Balaban J connectivity index is 3.05. The van der Waals surface area contributed by atoms with Gasteiger partial charge < -0.3 is 10.8 Å². The van der Waals surface area contributed by atoms with Crippen LogP contribution in [-0.2, 0) is 0 Å². The van der Waals surface area contributed by atoms with Crippen LogP contribution in [0, 0.1) is 11.3 Å². The van der Waals surface area contributed by atoms with Gasteiger partial charge in [0.05, 0.1) is 11.6 Å². The molecule has 0 amide bonds. The minimum absolute atomic E-state index is 0.00144. The van der Waals surface area contributed by atoms with Crippen LogP contribution in [0.3, 0.4) is 0 Å². The van der Waals surface area contributed by atoms with Gasteiger partial charge in [0.15, 0.2) is 0 Å². The number of hydrogen-bond donors (Lipinski definition) is 2. The number of benzene rings is 1. The predicted octanol–water partition coefficient (Wildman–Crippen LogP) is 1.59. The number of aliphatic hydroxyl groups is 1. The molecule has 1 atom stereocenters. The highest BCUT2D eigenvalue weighted by molar-refractivity contribution is 6.30. The number of nitrogens with two attached hydrogens (primary N) is 1. The molecule has 0 spiro atoms. The Morgan fingerprint density at radius 1 is 1.57 bits per heavy atom. The average molecular weight is 211 g/mol. The number of nitriles is 1. The third-order valence-electron chi connectivity index (χ3n) is 1.97. The predicted molar refractivity (Wildman–Crippen MR) is 54.8 cm³/mol. The van der Waals surface area contributed by atoms with Crippen molar-refractivity contribution >= 4 is 11.6 Å². The Kier molecular flexibility index (Phi) is 3.90. The zero-order valence-electron chi connectivity index (χ0n) is 7.57. The van der Waals surface area contributed by atoms with Crippen LogP contribution >= 0.6 is 11.6 Å². The third kappa shape index (κ3) is 2.46. The van der Waals surface area contributed by atoms with Crippen molar-refractivity contribution in [1.82, 2.24) is 0 Å². The molecule has 0 aliphatic rings. The molecule has 4 heteroatoms. The summed E-state index contributed by atoms with van der Waals surface area (Å²) in [5, 5.41) is 18.1. The molecular weight excluding hydrogens is 200 g/mol. The molecule has 74 valence electrons. The van der Waals surface area contributed by atoms with Crippen LogP contribution in [0.25, 0.3) is 0 Å². The van der Waals surface area contributed by atoms with E-state index in [2.05, 4.69) is 0 Å². The van der Waals surface area contributed by atoms with Crippen LogP contribution in [-0.4, -0.2) is 11.7 Å². The highest BCUT2D eigenvalue weighted by Crippen LogP contribution is 2.22. The van der Waals surface area contributed by atoms with Crippen LogP contribution in [0.1, 0.15) is 23.6 Å². The zero-order valence-corrected chi connectivity index (χ0v) is 8.33.